The maximum atomic E-state index is 10.7. The van der Waals surface area contributed by atoms with Crippen LogP contribution in [-0.4, -0.2) is 12.5 Å². The van der Waals surface area contributed by atoms with Crippen LogP contribution in [0.2, 0.25) is 0 Å². The van der Waals surface area contributed by atoms with Crippen LogP contribution < -0.4 is 11.1 Å². The summed E-state index contributed by atoms with van der Waals surface area (Å²) >= 11 is 0. The Labute approximate surface area is 113 Å². The van der Waals surface area contributed by atoms with Crippen LogP contribution in [0.15, 0.2) is 54.6 Å². The van der Waals surface area contributed by atoms with E-state index in [2.05, 4.69) is 41.7 Å². The minimum atomic E-state index is -0.340. The molecular formula is C16H18N2O. The van der Waals surface area contributed by atoms with Gasteiger partial charge in [-0.3, -0.25) is 4.79 Å². The van der Waals surface area contributed by atoms with Gasteiger partial charge >= 0.3 is 0 Å². The average Bonchev–Trinajstić information content (AvgIpc) is 2.46. The maximum absolute atomic E-state index is 10.7. The van der Waals surface area contributed by atoms with Gasteiger partial charge in [0.1, 0.15) is 0 Å². The minimum absolute atomic E-state index is 0.109. The first-order valence-electron chi connectivity index (χ1n) is 6.34. The van der Waals surface area contributed by atoms with Gasteiger partial charge in [-0.25, -0.2) is 0 Å². The Morgan fingerprint density at radius 2 is 1.63 bits per heavy atom. The predicted octanol–water partition coefficient (Wildman–Crippen LogP) is 2.49. The third kappa shape index (κ3) is 3.66. The Kier molecular flexibility index (Phi) is 4.31. The number of hydrogen-bond donors (Lipinski definition) is 2. The summed E-state index contributed by atoms with van der Waals surface area (Å²) in [6, 6.07) is 18.7. The second-order valence-electron chi connectivity index (χ2n) is 4.56. The maximum Gasteiger partial charge on any atom is 0.231 e. The summed E-state index contributed by atoms with van der Waals surface area (Å²) in [5.41, 5.74) is 8.64. The van der Waals surface area contributed by atoms with Crippen LogP contribution in [0.25, 0.3) is 11.1 Å². The summed E-state index contributed by atoms with van der Waals surface area (Å²) in [5, 5.41) is 3.08. The fourth-order valence-electron chi connectivity index (χ4n) is 1.97. The van der Waals surface area contributed by atoms with Crippen molar-refractivity contribution < 1.29 is 4.79 Å². The van der Waals surface area contributed by atoms with Crippen LogP contribution in [0.5, 0.6) is 0 Å². The van der Waals surface area contributed by atoms with Crippen molar-refractivity contribution in [3.63, 3.8) is 0 Å². The van der Waals surface area contributed by atoms with E-state index >= 15 is 0 Å². The molecule has 1 unspecified atom stereocenters. The number of carbonyl (C=O) groups is 1. The molecule has 0 aliphatic heterocycles. The zero-order valence-corrected chi connectivity index (χ0v) is 11.0. The van der Waals surface area contributed by atoms with E-state index in [1.165, 1.54) is 11.1 Å². The molecule has 0 heterocycles. The van der Waals surface area contributed by atoms with Crippen molar-refractivity contribution in [2.75, 3.05) is 6.54 Å². The molecule has 3 nitrogen and oxygen atoms in total. The molecule has 0 aliphatic rings. The molecule has 0 bridgehead atoms. The lowest BCUT2D eigenvalue weighted by Crippen LogP contribution is -2.30. The number of nitrogens with one attached hydrogen (secondary N) is 1. The van der Waals surface area contributed by atoms with E-state index in [1.807, 2.05) is 25.1 Å². The summed E-state index contributed by atoms with van der Waals surface area (Å²) in [5.74, 6) is -0.340. The topological polar surface area (TPSA) is 55.1 Å². The van der Waals surface area contributed by atoms with Crippen molar-refractivity contribution in [3.8, 4) is 11.1 Å². The molecule has 2 aromatic rings. The molecule has 1 atom stereocenters. The number of hydrogen-bond acceptors (Lipinski definition) is 2. The van der Waals surface area contributed by atoms with Gasteiger partial charge < -0.3 is 11.1 Å². The van der Waals surface area contributed by atoms with Gasteiger partial charge in [0.05, 0.1) is 6.54 Å². The second kappa shape index (κ2) is 6.16. The number of amides is 1. The van der Waals surface area contributed by atoms with Gasteiger partial charge in [0.15, 0.2) is 0 Å². The van der Waals surface area contributed by atoms with Crippen LogP contribution in [0.4, 0.5) is 0 Å². The van der Waals surface area contributed by atoms with Crippen LogP contribution in [0.1, 0.15) is 18.5 Å². The van der Waals surface area contributed by atoms with Crippen molar-refractivity contribution in [2.24, 2.45) is 5.73 Å². The number of primary amides is 1. The molecule has 0 fully saturated rings. The molecule has 2 rings (SSSR count). The predicted molar refractivity (Wildman–Crippen MR) is 77.5 cm³/mol. The summed E-state index contributed by atoms with van der Waals surface area (Å²) in [6.07, 6.45) is 0. The zero-order chi connectivity index (χ0) is 13.7. The molecule has 0 saturated heterocycles. The van der Waals surface area contributed by atoms with Gasteiger partial charge in [-0.05, 0) is 23.6 Å². The summed E-state index contributed by atoms with van der Waals surface area (Å²) in [4.78, 5) is 10.7. The lowest BCUT2D eigenvalue weighted by Gasteiger charge is -2.13. The molecule has 3 N–H and O–H groups in total. The molecule has 0 aliphatic carbocycles. The first-order chi connectivity index (χ1) is 9.16. The molecule has 0 radical (unpaired) electrons. The number of nitrogens with two attached hydrogens (primary N) is 1. The fourth-order valence-corrected chi connectivity index (χ4v) is 1.97. The van der Waals surface area contributed by atoms with Gasteiger partial charge in [-0.2, -0.15) is 0 Å². The quantitative estimate of drug-likeness (QED) is 0.861. The van der Waals surface area contributed by atoms with Crippen LogP contribution in [0.3, 0.4) is 0 Å². The van der Waals surface area contributed by atoms with Crippen molar-refractivity contribution in [2.45, 2.75) is 13.0 Å². The number of benzene rings is 2. The van der Waals surface area contributed by atoms with Crippen molar-refractivity contribution in [1.82, 2.24) is 5.32 Å². The standard InChI is InChI=1S/C16H18N2O/c1-12(18-11-16(17)19)13-7-9-15(10-8-13)14-5-3-2-4-6-14/h2-10,12,18H,11H2,1H3,(H2,17,19). The van der Waals surface area contributed by atoms with Gasteiger partial charge in [-0.1, -0.05) is 54.6 Å². The summed E-state index contributed by atoms with van der Waals surface area (Å²) < 4.78 is 0. The van der Waals surface area contributed by atoms with E-state index in [0.717, 1.165) is 5.56 Å². The highest BCUT2D eigenvalue weighted by Crippen LogP contribution is 2.21. The molecule has 0 spiro atoms. The van der Waals surface area contributed by atoms with Crippen molar-refractivity contribution >= 4 is 5.91 Å². The van der Waals surface area contributed by atoms with Crippen LogP contribution >= 0.6 is 0 Å². The van der Waals surface area contributed by atoms with E-state index in [4.69, 9.17) is 5.73 Å². The Bertz CT molecular complexity index is 534. The van der Waals surface area contributed by atoms with Crippen LogP contribution in [0, 0.1) is 0 Å². The third-order valence-corrected chi connectivity index (χ3v) is 3.10. The normalized spacial score (nSPS) is 12.1. The van der Waals surface area contributed by atoms with Crippen molar-refractivity contribution in [3.05, 3.63) is 60.2 Å². The average molecular weight is 254 g/mol. The van der Waals surface area contributed by atoms with Gasteiger partial charge in [0, 0.05) is 6.04 Å². The highest BCUT2D eigenvalue weighted by Gasteiger charge is 2.06. The molecule has 19 heavy (non-hydrogen) atoms. The van der Waals surface area contributed by atoms with E-state index < -0.39 is 0 Å². The van der Waals surface area contributed by atoms with E-state index in [0.29, 0.717) is 0 Å². The van der Waals surface area contributed by atoms with Gasteiger partial charge in [0.25, 0.3) is 0 Å². The first-order valence-corrected chi connectivity index (χ1v) is 6.34. The third-order valence-electron chi connectivity index (χ3n) is 3.10. The highest BCUT2D eigenvalue weighted by atomic mass is 16.1. The highest BCUT2D eigenvalue weighted by molar-refractivity contribution is 5.75. The lowest BCUT2D eigenvalue weighted by atomic mass is 10.0. The molecule has 0 saturated carbocycles. The van der Waals surface area contributed by atoms with Gasteiger partial charge in [0.2, 0.25) is 5.91 Å². The molecule has 3 heteroatoms. The number of rotatable bonds is 5. The second-order valence-corrected chi connectivity index (χ2v) is 4.56. The largest absolute Gasteiger partial charge is 0.369 e. The summed E-state index contributed by atoms with van der Waals surface area (Å²) in [7, 11) is 0. The zero-order valence-electron chi connectivity index (χ0n) is 11.0. The lowest BCUT2D eigenvalue weighted by molar-refractivity contribution is -0.117. The Hall–Kier alpha value is -2.13. The fraction of sp³-hybridized carbons (Fsp3) is 0.188. The van der Waals surface area contributed by atoms with Crippen molar-refractivity contribution in [1.29, 1.82) is 0 Å². The first kappa shape index (κ1) is 13.3. The molecule has 2 aromatic carbocycles. The molecule has 1 amide bonds. The summed E-state index contributed by atoms with van der Waals surface area (Å²) in [6.45, 7) is 2.21. The molecule has 0 aromatic heterocycles. The van der Waals surface area contributed by atoms with E-state index in [-0.39, 0.29) is 18.5 Å². The number of carbonyl (C=O) groups excluding carboxylic acids is 1. The van der Waals surface area contributed by atoms with Crippen LogP contribution in [-0.2, 0) is 4.79 Å². The SMILES string of the molecule is CC(NCC(N)=O)c1ccc(-c2ccccc2)cc1. The Morgan fingerprint density at radius 1 is 1.05 bits per heavy atom. The Balaban J connectivity index is 2.08. The van der Waals surface area contributed by atoms with E-state index in [9.17, 15) is 4.79 Å². The smallest absolute Gasteiger partial charge is 0.231 e. The van der Waals surface area contributed by atoms with E-state index in [1.54, 1.807) is 0 Å². The molecule has 98 valence electrons. The monoisotopic (exact) mass is 254 g/mol. The minimum Gasteiger partial charge on any atom is -0.369 e. The van der Waals surface area contributed by atoms with Gasteiger partial charge in [-0.15, -0.1) is 0 Å². The Morgan fingerprint density at radius 3 is 2.21 bits per heavy atom. The molecular weight excluding hydrogens is 236 g/mol.